The van der Waals surface area contributed by atoms with E-state index in [2.05, 4.69) is 28.5 Å². The minimum Gasteiger partial charge on any atom is -0.300 e. The first-order chi connectivity index (χ1) is 8.61. The number of rotatable bonds is 4. The Morgan fingerprint density at radius 1 is 1.61 bits per heavy atom. The lowest BCUT2D eigenvalue weighted by atomic mass is 10.0. The van der Waals surface area contributed by atoms with Crippen LogP contribution >= 0.6 is 11.8 Å². The van der Waals surface area contributed by atoms with Gasteiger partial charge < -0.3 is 4.90 Å². The van der Waals surface area contributed by atoms with Gasteiger partial charge in [-0.1, -0.05) is 0 Å². The number of hydrogen-bond acceptors (Lipinski definition) is 5. The summed E-state index contributed by atoms with van der Waals surface area (Å²) in [5.41, 5.74) is 5.29. The number of thioether (sulfide) groups is 1. The average molecular weight is 269 g/mol. The van der Waals surface area contributed by atoms with Crippen LogP contribution in [0.1, 0.15) is 11.4 Å². The molecule has 1 aromatic heterocycles. The van der Waals surface area contributed by atoms with Gasteiger partial charge in [-0.05, 0) is 20.0 Å². The molecule has 0 aliphatic carbocycles. The molecular formula is C12H23N5S. The van der Waals surface area contributed by atoms with Crippen LogP contribution in [0.4, 0.5) is 0 Å². The second-order valence-electron chi connectivity index (χ2n) is 5.00. The molecule has 2 unspecified atom stereocenters. The van der Waals surface area contributed by atoms with E-state index in [4.69, 9.17) is 5.84 Å². The Bertz CT molecular complexity index is 392. The Hall–Kier alpha value is -0.560. The lowest BCUT2D eigenvalue weighted by Gasteiger charge is -2.37. The summed E-state index contributed by atoms with van der Waals surface area (Å²) in [4.78, 5) is 2.41. The van der Waals surface area contributed by atoms with Crippen LogP contribution in [0.2, 0.25) is 0 Å². The molecule has 1 aliphatic rings. The lowest BCUT2D eigenvalue weighted by molar-refractivity contribution is 0.213. The summed E-state index contributed by atoms with van der Waals surface area (Å²) in [6.45, 7) is 3.16. The van der Waals surface area contributed by atoms with Gasteiger partial charge in [-0.15, -0.1) is 0 Å². The predicted octanol–water partition coefficient (Wildman–Crippen LogP) is 0.150. The number of hydrazine groups is 1. The number of aryl methyl sites for hydroxylation is 2. The molecule has 6 heteroatoms. The molecule has 0 aromatic carbocycles. The third kappa shape index (κ3) is 3.06. The number of likely N-dealkylation sites (N-methyl/N-ethyl adjacent to an activating group) is 1. The Morgan fingerprint density at radius 2 is 2.39 bits per heavy atom. The fraction of sp³-hybridized carbons (Fsp3) is 0.750. The molecule has 0 spiro atoms. The van der Waals surface area contributed by atoms with Crippen molar-refractivity contribution in [1.82, 2.24) is 20.1 Å². The molecule has 1 aromatic rings. The van der Waals surface area contributed by atoms with Crippen molar-refractivity contribution in [1.29, 1.82) is 0 Å². The summed E-state index contributed by atoms with van der Waals surface area (Å²) in [5, 5.41) is 4.39. The van der Waals surface area contributed by atoms with Gasteiger partial charge in [-0.25, -0.2) is 0 Å². The highest BCUT2D eigenvalue weighted by Crippen LogP contribution is 2.19. The third-order valence-corrected chi connectivity index (χ3v) is 4.70. The van der Waals surface area contributed by atoms with E-state index in [1.54, 1.807) is 0 Å². The number of nitrogens with two attached hydrogens (primary N) is 1. The first kappa shape index (κ1) is 13.9. The third-order valence-electron chi connectivity index (χ3n) is 3.65. The van der Waals surface area contributed by atoms with Crippen molar-refractivity contribution >= 4 is 11.8 Å². The van der Waals surface area contributed by atoms with E-state index in [0.29, 0.717) is 6.04 Å². The zero-order valence-electron chi connectivity index (χ0n) is 11.4. The summed E-state index contributed by atoms with van der Waals surface area (Å²) >= 11 is 2.01. The van der Waals surface area contributed by atoms with Gasteiger partial charge in [-0.2, -0.15) is 16.9 Å². The summed E-state index contributed by atoms with van der Waals surface area (Å²) in [5.74, 6) is 8.11. The Kier molecular flexibility index (Phi) is 4.66. The molecule has 1 fully saturated rings. The average Bonchev–Trinajstić information content (AvgIpc) is 2.66. The SMILES string of the molecule is Cc1cc(CC(NN)C2CSCCN2C)n(C)n1. The van der Waals surface area contributed by atoms with E-state index < -0.39 is 0 Å². The molecular weight excluding hydrogens is 246 g/mol. The molecule has 2 atom stereocenters. The van der Waals surface area contributed by atoms with Crippen molar-refractivity contribution < 1.29 is 0 Å². The topological polar surface area (TPSA) is 59.1 Å². The molecule has 18 heavy (non-hydrogen) atoms. The van der Waals surface area contributed by atoms with E-state index >= 15 is 0 Å². The van der Waals surface area contributed by atoms with Crippen molar-refractivity contribution in [2.75, 3.05) is 25.1 Å². The molecule has 0 radical (unpaired) electrons. The Morgan fingerprint density at radius 3 is 2.94 bits per heavy atom. The zero-order valence-corrected chi connectivity index (χ0v) is 12.2. The summed E-state index contributed by atoms with van der Waals surface area (Å²) in [7, 11) is 4.18. The maximum atomic E-state index is 5.75. The van der Waals surface area contributed by atoms with Crippen LogP contribution in [-0.4, -0.2) is 51.9 Å². The molecule has 2 heterocycles. The van der Waals surface area contributed by atoms with Crippen LogP contribution in [0.25, 0.3) is 0 Å². The zero-order chi connectivity index (χ0) is 13.1. The van der Waals surface area contributed by atoms with Crippen molar-refractivity contribution in [3.63, 3.8) is 0 Å². The van der Waals surface area contributed by atoms with E-state index in [9.17, 15) is 0 Å². The molecule has 0 bridgehead atoms. The fourth-order valence-corrected chi connectivity index (χ4v) is 3.83. The monoisotopic (exact) mass is 269 g/mol. The first-order valence-corrected chi connectivity index (χ1v) is 7.51. The van der Waals surface area contributed by atoms with E-state index in [0.717, 1.165) is 24.4 Å². The molecule has 0 saturated carbocycles. The maximum Gasteiger partial charge on any atom is 0.0596 e. The highest BCUT2D eigenvalue weighted by Gasteiger charge is 2.28. The molecule has 0 amide bonds. The van der Waals surface area contributed by atoms with E-state index in [-0.39, 0.29) is 6.04 Å². The fourth-order valence-electron chi connectivity index (χ4n) is 2.52. The van der Waals surface area contributed by atoms with Gasteiger partial charge in [0.1, 0.15) is 0 Å². The number of aromatic nitrogens is 2. The first-order valence-electron chi connectivity index (χ1n) is 6.35. The Balaban J connectivity index is 2.06. The summed E-state index contributed by atoms with van der Waals surface area (Å²) < 4.78 is 1.95. The van der Waals surface area contributed by atoms with Crippen LogP contribution in [0.3, 0.4) is 0 Å². The lowest BCUT2D eigenvalue weighted by Crippen LogP contribution is -2.55. The maximum absolute atomic E-state index is 5.75. The van der Waals surface area contributed by atoms with Gasteiger partial charge in [0.25, 0.3) is 0 Å². The highest BCUT2D eigenvalue weighted by molar-refractivity contribution is 7.99. The van der Waals surface area contributed by atoms with Gasteiger partial charge in [-0.3, -0.25) is 16.0 Å². The quantitative estimate of drug-likeness (QED) is 0.602. The van der Waals surface area contributed by atoms with Crippen LogP contribution in [0.5, 0.6) is 0 Å². The van der Waals surface area contributed by atoms with Crippen molar-refractivity contribution in [3.8, 4) is 0 Å². The number of nitrogens with zero attached hydrogens (tertiary/aromatic N) is 3. The van der Waals surface area contributed by atoms with Crippen molar-refractivity contribution in [2.24, 2.45) is 12.9 Å². The second-order valence-corrected chi connectivity index (χ2v) is 6.15. The van der Waals surface area contributed by atoms with Gasteiger partial charge in [0.15, 0.2) is 0 Å². The largest absolute Gasteiger partial charge is 0.300 e. The molecule has 2 rings (SSSR count). The van der Waals surface area contributed by atoms with E-state index in [1.165, 1.54) is 11.4 Å². The summed E-state index contributed by atoms with van der Waals surface area (Å²) in [6.07, 6.45) is 0.920. The van der Waals surface area contributed by atoms with Crippen molar-refractivity contribution in [3.05, 3.63) is 17.5 Å². The highest BCUT2D eigenvalue weighted by atomic mass is 32.2. The molecule has 1 saturated heterocycles. The van der Waals surface area contributed by atoms with Crippen LogP contribution in [0.15, 0.2) is 6.07 Å². The molecule has 3 N–H and O–H groups in total. The van der Waals surface area contributed by atoms with Crippen LogP contribution < -0.4 is 11.3 Å². The number of nitrogens with one attached hydrogen (secondary N) is 1. The van der Waals surface area contributed by atoms with Crippen LogP contribution in [0, 0.1) is 6.92 Å². The standard InChI is InChI=1S/C12H23N5S/c1-9-6-10(17(3)15-9)7-11(14-13)12-8-18-5-4-16(12)2/h6,11-12,14H,4-5,7-8,13H2,1-3H3. The van der Waals surface area contributed by atoms with Crippen LogP contribution in [-0.2, 0) is 13.5 Å². The van der Waals surface area contributed by atoms with Crippen molar-refractivity contribution in [2.45, 2.75) is 25.4 Å². The van der Waals surface area contributed by atoms with Gasteiger partial charge in [0.2, 0.25) is 0 Å². The van der Waals surface area contributed by atoms with E-state index in [1.807, 2.05) is 30.4 Å². The summed E-state index contributed by atoms with van der Waals surface area (Å²) in [6, 6.07) is 2.90. The van der Waals surface area contributed by atoms with Gasteiger partial charge in [0, 0.05) is 49.3 Å². The minimum absolute atomic E-state index is 0.276. The smallest absolute Gasteiger partial charge is 0.0596 e. The molecule has 1 aliphatic heterocycles. The molecule has 102 valence electrons. The minimum atomic E-state index is 0.276. The number of hydrogen-bond donors (Lipinski definition) is 2. The second kappa shape index (κ2) is 6.06. The van der Waals surface area contributed by atoms with Gasteiger partial charge in [0.05, 0.1) is 5.69 Å². The Labute approximate surface area is 113 Å². The predicted molar refractivity (Wildman–Crippen MR) is 76.5 cm³/mol. The normalized spacial score (nSPS) is 23.2. The van der Waals surface area contributed by atoms with Gasteiger partial charge >= 0.3 is 0 Å². The molecule has 5 nitrogen and oxygen atoms in total.